The van der Waals surface area contributed by atoms with E-state index < -0.39 is 5.97 Å². The Labute approximate surface area is 143 Å². The van der Waals surface area contributed by atoms with Gasteiger partial charge in [-0.05, 0) is 48.4 Å². The Morgan fingerprint density at radius 1 is 1.17 bits per heavy atom. The van der Waals surface area contributed by atoms with E-state index in [1.165, 1.54) is 18.2 Å². The smallest absolute Gasteiger partial charge is 0.335 e. The molecule has 3 rings (SSSR count). The largest absolute Gasteiger partial charge is 0.478 e. The van der Waals surface area contributed by atoms with E-state index in [-0.39, 0.29) is 17.3 Å². The first kappa shape index (κ1) is 16.1. The van der Waals surface area contributed by atoms with E-state index >= 15 is 0 Å². The number of benzene rings is 2. The summed E-state index contributed by atoms with van der Waals surface area (Å²) in [6.07, 6.45) is 0.750. The maximum atomic E-state index is 14.1. The van der Waals surface area contributed by atoms with Gasteiger partial charge >= 0.3 is 5.97 Å². The molecule has 0 aliphatic carbocycles. The number of aromatic carboxylic acids is 1. The van der Waals surface area contributed by atoms with E-state index in [9.17, 15) is 9.18 Å². The van der Waals surface area contributed by atoms with Crippen molar-refractivity contribution in [1.29, 1.82) is 0 Å². The number of nitrogens with zero attached hydrogens (tertiary/aromatic N) is 1. The van der Waals surface area contributed by atoms with Gasteiger partial charge in [-0.3, -0.25) is 0 Å². The minimum Gasteiger partial charge on any atom is -0.478 e. The van der Waals surface area contributed by atoms with Crippen molar-refractivity contribution >= 4 is 34.9 Å². The Morgan fingerprint density at radius 3 is 2.65 bits per heavy atom. The molecular formula is C17H14Cl2FNO2. The predicted octanol–water partition coefficient (Wildman–Crippen LogP) is 4.82. The quantitative estimate of drug-likeness (QED) is 0.859. The SMILES string of the molecule is O=C(O)c1ccc(F)c(C2CCN(c3ccc(Cl)c(Cl)c3)C2)c1. The molecule has 120 valence electrons. The lowest BCUT2D eigenvalue weighted by molar-refractivity contribution is 0.0696. The van der Waals surface area contributed by atoms with Crippen LogP contribution in [-0.2, 0) is 0 Å². The molecule has 6 heteroatoms. The van der Waals surface area contributed by atoms with Crippen LogP contribution in [0.3, 0.4) is 0 Å². The number of carbonyl (C=O) groups is 1. The van der Waals surface area contributed by atoms with E-state index in [0.29, 0.717) is 22.2 Å². The molecule has 1 aliphatic rings. The van der Waals surface area contributed by atoms with E-state index in [1.54, 1.807) is 12.1 Å². The molecule has 1 aliphatic heterocycles. The number of halogens is 3. The summed E-state index contributed by atoms with van der Waals surface area (Å²) >= 11 is 12.0. The summed E-state index contributed by atoms with van der Waals surface area (Å²) in [7, 11) is 0. The van der Waals surface area contributed by atoms with Crippen molar-refractivity contribution in [3.8, 4) is 0 Å². The highest BCUT2D eigenvalue weighted by atomic mass is 35.5. The summed E-state index contributed by atoms with van der Waals surface area (Å²) in [5.41, 5.74) is 1.48. The highest BCUT2D eigenvalue weighted by Crippen LogP contribution is 2.34. The molecule has 1 fully saturated rings. The Kier molecular flexibility index (Phi) is 4.46. The zero-order chi connectivity index (χ0) is 16.6. The average Bonchev–Trinajstić information content (AvgIpc) is 3.00. The fraction of sp³-hybridized carbons (Fsp3) is 0.235. The third-order valence-electron chi connectivity index (χ3n) is 4.14. The fourth-order valence-electron chi connectivity index (χ4n) is 2.92. The first-order valence-electron chi connectivity index (χ1n) is 7.18. The third kappa shape index (κ3) is 3.28. The number of carboxylic acids is 1. The average molecular weight is 354 g/mol. The van der Waals surface area contributed by atoms with Crippen LogP contribution in [0, 0.1) is 5.82 Å². The maximum absolute atomic E-state index is 14.1. The first-order chi connectivity index (χ1) is 11.0. The first-order valence-corrected chi connectivity index (χ1v) is 7.94. The highest BCUT2D eigenvalue weighted by molar-refractivity contribution is 6.42. The van der Waals surface area contributed by atoms with Crippen LogP contribution in [0.25, 0.3) is 0 Å². The Balaban J connectivity index is 1.83. The van der Waals surface area contributed by atoms with Gasteiger partial charge in [0.15, 0.2) is 0 Å². The molecule has 0 radical (unpaired) electrons. The molecule has 1 unspecified atom stereocenters. The molecule has 0 amide bonds. The summed E-state index contributed by atoms with van der Waals surface area (Å²) in [5, 5.41) is 10.0. The van der Waals surface area contributed by atoms with Crippen LogP contribution in [0.2, 0.25) is 10.0 Å². The zero-order valence-electron chi connectivity index (χ0n) is 12.1. The van der Waals surface area contributed by atoms with E-state index in [0.717, 1.165) is 18.7 Å². The van der Waals surface area contributed by atoms with Crippen molar-refractivity contribution in [2.24, 2.45) is 0 Å². The summed E-state index contributed by atoms with van der Waals surface area (Å²) in [6.45, 7) is 1.36. The van der Waals surface area contributed by atoms with Crippen LogP contribution in [0.15, 0.2) is 36.4 Å². The number of hydrogen-bond acceptors (Lipinski definition) is 2. The number of anilines is 1. The standard InChI is InChI=1S/C17H14Cl2FNO2/c18-14-3-2-12(8-15(14)19)21-6-5-11(9-21)13-7-10(17(22)23)1-4-16(13)20/h1-4,7-8,11H,5-6,9H2,(H,22,23). The van der Waals surface area contributed by atoms with Crippen molar-refractivity contribution < 1.29 is 14.3 Å². The van der Waals surface area contributed by atoms with Gasteiger partial charge < -0.3 is 10.0 Å². The lowest BCUT2D eigenvalue weighted by Gasteiger charge is -2.19. The molecule has 0 aromatic heterocycles. The van der Waals surface area contributed by atoms with Gasteiger partial charge in [0, 0.05) is 24.7 Å². The normalized spacial score (nSPS) is 17.5. The molecule has 3 nitrogen and oxygen atoms in total. The van der Waals surface area contributed by atoms with Gasteiger partial charge in [0.1, 0.15) is 5.82 Å². The Bertz CT molecular complexity index is 766. The van der Waals surface area contributed by atoms with Gasteiger partial charge in [-0.15, -0.1) is 0 Å². The van der Waals surface area contributed by atoms with Gasteiger partial charge in [-0.25, -0.2) is 9.18 Å². The summed E-state index contributed by atoms with van der Waals surface area (Å²) < 4.78 is 14.1. The Morgan fingerprint density at radius 2 is 1.96 bits per heavy atom. The van der Waals surface area contributed by atoms with Crippen molar-refractivity contribution in [3.05, 3.63) is 63.4 Å². The van der Waals surface area contributed by atoms with Gasteiger partial charge in [0.05, 0.1) is 15.6 Å². The van der Waals surface area contributed by atoms with Crippen molar-refractivity contribution in [2.45, 2.75) is 12.3 Å². The van der Waals surface area contributed by atoms with Gasteiger partial charge in [0.25, 0.3) is 0 Å². The second-order valence-corrected chi connectivity index (χ2v) is 6.39. The van der Waals surface area contributed by atoms with Crippen LogP contribution in [0.4, 0.5) is 10.1 Å². The molecule has 0 saturated carbocycles. The predicted molar refractivity (Wildman–Crippen MR) is 89.4 cm³/mol. The Hall–Kier alpha value is -1.78. The topological polar surface area (TPSA) is 40.5 Å². The van der Waals surface area contributed by atoms with Crippen LogP contribution in [-0.4, -0.2) is 24.2 Å². The van der Waals surface area contributed by atoms with E-state index in [4.69, 9.17) is 28.3 Å². The molecule has 2 aromatic rings. The molecule has 0 spiro atoms. The summed E-state index contributed by atoms with van der Waals surface area (Å²) in [5.74, 6) is -1.47. The molecule has 1 heterocycles. The van der Waals surface area contributed by atoms with Gasteiger partial charge in [-0.2, -0.15) is 0 Å². The van der Waals surface area contributed by atoms with Crippen molar-refractivity contribution in [3.63, 3.8) is 0 Å². The monoisotopic (exact) mass is 353 g/mol. The van der Waals surface area contributed by atoms with E-state index in [2.05, 4.69) is 4.90 Å². The van der Waals surface area contributed by atoms with E-state index in [1.807, 2.05) is 6.07 Å². The van der Waals surface area contributed by atoms with Crippen LogP contribution < -0.4 is 4.90 Å². The molecular weight excluding hydrogens is 340 g/mol. The summed E-state index contributed by atoms with van der Waals surface area (Å²) in [6, 6.07) is 9.34. The fourth-order valence-corrected chi connectivity index (χ4v) is 3.21. The molecule has 1 atom stereocenters. The maximum Gasteiger partial charge on any atom is 0.335 e. The molecule has 23 heavy (non-hydrogen) atoms. The second-order valence-electron chi connectivity index (χ2n) is 5.57. The van der Waals surface area contributed by atoms with Crippen molar-refractivity contribution in [2.75, 3.05) is 18.0 Å². The lowest BCUT2D eigenvalue weighted by atomic mass is 9.96. The van der Waals surface area contributed by atoms with Crippen molar-refractivity contribution in [1.82, 2.24) is 0 Å². The summed E-state index contributed by atoms with van der Waals surface area (Å²) in [4.78, 5) is 13.2. The molecule has 1 saturated heterocycles. The number of carboxylic acid groups (broad SMARTS) is 1. The molecule has 2 aromatic carbocycles. The lowest BCUT2D eigenvalue weighted by Crippen LogP contribution is -2.19. The van der Waals surface area contributed by atoms with Crippen LogP contribution in [0.1, 0.15) is 28.3 Å². The number of rotatable bonds is 3. The molecule has 1 N–H and O–H groups in total. The second kappa shape index (κ2) is 6.38. The van der Waals surface area contributed by atoms with Gasteiger partial charge in [0.2, 0.25) is 0 Å². The van der Waals surface area contributed by atoms with Gasteiger partial charge in [-0.1, -0.05) is 23.2 Å². The minimum absolute atomic E-state index is 0.0521. The third-order valence-corrected chi connectivity index (χ3v) is 4.88. The minimum atomic E-state index is -1.05. The number of hydrogen-bond donors (Lipinski definition) is 1. The molecule has 0 bridgehead atoms. The van der Waals surface area contributed by atoms with Crippen LogP contribution in [0.5, 0.6) is 0 Å². The zero-order valence-corrected chi connectivity index (χ0v) is 13.6. The highest BCUT2D eigenvalue weighted by Gasteiger charge is 2.27. The van der Waals surface area contributed by atoms with Crippen LogP contribution >= 0.6 is 23.2 Å².